The highest BCUT2D eigenvalue weighted by molar-refractivity contribution is 5.36. The molecule has 1 atom stereocenters. The summed E-state index contributed by atoms with van der Waals surface area (Å²) in [6, 6.07) is 15.9. The van der Waals surface area contributed by atoms with Crippen LogP contribution in [0.25, 0.3) is 0 Å². The zero-order valence-electron chi connectivity index (χ0n) is 10.8. The topological polar surface area (TPSA) is 29.5 Å². The Kier molecular flexibility index (Phi) is 4.00. The van der Waals surface area contributed by atoms with Crippen LogP contribution in [0.3, 0.4) is 0 Å². The highest BCUT2D eigenvalue weighted by Gasteiger charge is 2.05. The van der Waals surface area contributed by atoms with Gasteiger partial charge in [0.05, 0.1) is 6.10 Å². The van der Waals surface area contributed by atoms with Gasteiger partial charge in [0, 0.05) is 0 Å². The third kappa shape index (κ3) is 3.11. The SMILES string of the molecule is Cc1cc(OCc2ccccc2)ccc1C(C)O. The number of rotatable bonds is 4. The van der Waals surface area contributed by atoms with E-state index in [0.29, 0.717) is 6.61 Å². The summed E-state index contributed by atoms with van der Waals surface area (Å²) < 4.78 is 5.73. The van der Waals surface area contributed by atoms with Gasteiger partial charge in [0.15, 0.2) is 0 Å². The minimum Gasteiger partial charge on any atom is -0.489 e. The summed E-state index contributed by atoms with van der Waals surface area (Å²) in [4.78, 5) is 0. The Bertz CT molecular complexity index is 504. The van der Waals surface area contributed by atoms with Gasteiger partial charge in [-0.3, -0.25) is 0 Å². The summed E-state index contributed by atoms with van der Waals surface area (Å²) in [5.41, 5.74) is 3.15. The smallest absolute Gasteiger partial charge is 0.120 e. The van der Waals surface area contributed by atoms with Crippen molar-refractivity contribution >= 4 is 0 Å². The van der Waals surface area contributed by atoms with Crippen LogP contribution in [0.15, 0.2) is 48.5 Å². The summed E-state index contributed by atoms with van der Waals surface area (Å²) in [6.07, 6.45) is -0.437. The molecule has 0 aliphatic heterocycles. The van der Waals surface area contributed by atoms with E-state index in [1.54, 1.807) is 6.92 Å². The second-order valence-electron chi connectivity index (χ2n) is 4.47. The second-order valence-corrected chi connectivity index (χ2v) is 4.47. The van der Waals surface area contributed by atoms with Gasteiger partial charge >= 0.3 is 0 Å². The molecule has 1 unspecified atom stereocenters. The first kappa shape index (κ1) is 12.7. The molecule has 0 aromatic heterocycles. The van der Waals surface area contributed by atoms with Crippen molar-refractivity contribution in [1.82, 2.24) is 0 Å². The minimum absolute atomic E-state index is 0.437. The fourth-order valence-corrected chi connectivity index (χ4v) is 1.95. The van der Waals surface area contributed by atoms with Crippen LogP contribution < -0.4 is 4.74 Å². The van der Waals surface area contributed by atoms with E-state index in [9.17, 15) is 5.11 Å². The zero-order chi connectivity index (χ0) is 13.0. The normalized spacial score (nSPS) is 12.2. The summed E-state index contributed by atoms with van der Waals surface area (Å²) in [5.74, 6) is 0.834. The molecule has 0 spiro atoms. The second kappa shape index (κ2) is 5.69. The van der Waals surface area contributed by atoms with Gasteiger partial charge in [-0.05, 0) is 42.7 Å². The van der Waals surface area contributed by atoms with Gasteiger partial charge in [-0.2, -0.15) is 0 Å². The predicted molar refractivity (Wildman–Crippen MR) is 72.6 cm³/mol. The zero-order valence-corrected chi connectivity index (χ0v) is 10.8. The Morgan fingerprint density at radius 1 is 1.11 bits per heavy atom. The Hall–Kier alpha value is -1.80. The number of benzene rings is 2. The van der Waals surface area contributed by atoms with Crippen molar-refractivity contribution in [2.75, 3.05) is 0 Å². The molecule has 0 bridgehead atoms. The molecule has 0 aliphatic carbocycles. The highest BCUT2D eigenvalue weighted by atomic mass is 16.5. The molecule has 2 rings (SSSR count). The molecule has 2 aromatic carbocycles. The summed E-state index contributed by atoms with van der Waals surface area (Å²) in [6.45, 7) is 4.32. The van der Waals surface area contributed by atoms with Crippen LogP contribution in [0.5, 0.6) is 5.75 Å². The van der Waals surface area contributed by atoms with Crippen molar-refractivity contribution in [3.63, 3.8) is 0 Å². The lowest BCUT2D eigenvalue weighted by molar-refractivity contribution is 0.198. The van der Waals surface area contributed by atoms with Crippen LogP contribution in [0, 0.1) is 6.92 Å². The van der Waals surface area contributed by atoms with E-state index in [-0.39, 0.29) is 0 Å². The molecule has 18 heavy (non-hydrogen) atoms. The number of hydrogen-bond donors (Lipinski definition) is 1. The van der Waals surface area contributed by atoms with E-state index >= 15 is 0 Å². The van der Waals surface area contributed by atoms with Crippen molar-refractivity contribution in [1.29, 1.82) is 0 Å². The molecule has 0 fully saturated rings. The fraction of sp³-hybridized carbons (Fsp3) is 0.250. The maximum absolute atomic E-state index is 9.56. The van der Waals surface area contributed by atoms with Gasteiger partial charge < -0.3 is 9.84 Å². The van der Waals surface area contributed by atoms with Crippen molar-refractivity contribution < 1.29 is 9.84 Å². The molecule has 1 N–H and O–H groups in total. The molecular weight excluding hydrogens is 224 g/mol. The lowest BCUT2D eigenvalue weighted by Gasteiger charge is -2.12. The van der Waals surface area contributed by atoms with Crippen LogP contribution in [0.4, 0.5) is 0 Å². The van der Waals surface area contributed by atoms with E-state index in [4.69, 9.17) is 4.74 Å². The first-order valence-electron chi connectivity index (χ1n) is 6.12. The Labute approximate surface area is 108 Å². The first-order valence-corrected chi connectivity index (χ1v) is 6.12. The van der Waals surface area contributed by atoms with Gasteiger partial charge in [0.25, 0.3) is 0 Å². The molecule has 2 aromatic rings. The predicted octanol–water partition coefficient (Wildman–Crippen LogP) is 3.63. The van der Waals surface area contributed by atoms with E-state index in [0.717, 1.165) is 22.4 Å². The van der Waals surface area contributed by atoms with Crippen LogP contribution >= 0.6 is 0 Å². The quantitative estimate of drug-likeness (QED) is 0.887. The van der Waals surface area contributed by atoms with Crippen molar-refractivity contribution in [2.45, 2.75) is 26.6 Å². The molecule has 0 heterocycles. The maximum atomic E-state index is 9.56. The van der Waals surface area contributed by atoms with Crippen molar-refractivity contribution in [3.05, 3.63) is 65.2 Å². The van der Waals surface area contributed by atoms with Crippen molar-refractivity contribution in [2.24, 2.45) is 0 Å². The maximum Gasteiger partial charge on any atom is 0.120 e. The molecule has 2 nitrogen and oxygen atoms in total. The minimum atomic E-state index is -0.437. The third-order valence-corrected chi connectivity index (χ3v) is 2.94. The van der Waals surface area contributed by atoms with Crippen LogP contribution in [0.1, 0.15) is 29.7 Å². The fourth-order valence-electron chi connectivity index (χ4n) is 1.95. The number of aliphatic hydroxyl groups excluding tert-OH is 1. The van der Waals surface area contributed by atoms with Gasteiger partial charge in [0.1, 0.15) is 12.4 Å². The third-order valence-electron chi connectivity index (χ3n) is 2.94. The summed E-state index contributed by atoms with van der Waals surface area (Å²) >= 11 is 0. The van der Waals surface area contributed by atoms with Crippen molar-refractivity contribution in [3.8, 4) is 5.75 Å². The molecule has 0 radical (unpaired) electrons. The summed E-state index contributed by atoms with van der Waals surface area (Å²) in [7, 11) is 0. The van der Waals surface area contributed by atoms with E-state index in [1.807, 2.05) is 55.5 Å². The lowest BCUT2D eigenvalue weighted by Crippen LogP contribution is -1.98. The molecule has 0 saturated carbocycles. The average molecular weight is 242 g/mol. The van der Waals surface area contributed by atoms with E-state index in [2.05, 4.69) is 0 Å². The largest absolute Gasteiger partial charge is 0.489 e. The standard InChI is InChI=1S/C16H18O2/c1-12-10-15(8-9-16(12)13(2)17)18-11-14-6-4-3-5-7-14/h3-10,13,17H,11H2,1-2H3. The monoisotopic (exact) mass is 242 g/mol. The van der Waals surface area contributed by atoms with E-state index in [1.165, 1.54) is 0 Å². The summed E-state index contributed by atoms with van der Waals surface area (Å²) in [5, 5.41) is 9.56. The van der Waals surface area contributed by atoms with Gasteiger partial charge in [-0.25, -0.2) is 0 Å². The molecular formula is C16H18O2. The van der Waals surface area contributed by atoms with Gasteiger partial charge in [0.2, 0.25) is 0 Å². The Morgan fingerprint density at radius 3 is 2.44 bits per heavy atom. The van der Waals surface area contributed by atoms with Crippen LogP contribution in [-0.2, 0) is 6.61 Å². The van der Waals surface area contributed by atoms with Crippen LogP contribution in [-0.4, -0.2) is 5.11 Å². The molecule has 94 valence electrons. The van der Waals surface area contributed by atoms with E-state index < -0.39 is 6.10 Å². The highest BCUT2D eigenvalue weighted by Crippen LogP contribution is 2.22. The van der Waals surface area contributed by atoms with Gasteiger partial charge in [-0.15, -0.1) is 0 Å². The number of aliphatic hydroxyl groups is 1. The Balaban J connectivity index is 2.05. The lowest BCUT2D eigenvalue weighted by atomic mass is 10.0. The number of ether oxygens (including phenoxy) is 1. The number of aryl methyl sites for hydroxylation is 1. The Morgan fingerprint density at radius 2 is 1.83 bits per heavy atom. The van der Waals surface area contributed by atoms with Crippen LogP contribution in [0.2, 0.25) is 0 Å². The van der Waals surface area contributed by atoms with Gasteiger partial charge in [-0.1, -0.05) is 36.4 Å². The first-order chi connectivity index (χ1) is 8.66. The molecule has 0 saturated heterocycles. The number of hydrogen-bond acceptors (Lipinski definition) is 2. The molecule has 2 heteroatoms. The molecule has 0 aliphatic rings. The molecule has 0 amide bonds. The average Bonchev–Trinajstić information content (AvgIpc) is 2.37.